The van der Waals surface area contributed by atoms with Gasteiger partial charge in [-0.3, -0.25) is 4.79 Å². The summed E-state index contributed by atoms with van der Waals surface area (Å²) < 4.78 is 58.6. The molecule has 0 aromatic heterocycles. The highest BCUT2D eigenvalue weighted by molar-refractivity contribution is 6.05. The van der Waals surface area contributed by atoms with Crippen molar-refractivity contribution in [2.45, 2.75) is 18.3 Å². The zero-order valence-corrected chi connectivity index (χ0v) is 14.0. The number of ether oxygens (including phenoxy) is 1. The first-order chi connectivity index (χ1) is 12.7. The third-order valence-electron chi connectivity index (χ3n) is 4.15. The van der Waals surface area contributed by atoms with Crippen molar-refractivity contribution < 1.29 is 32.2 Å². The fraction of sp³-hybridized carbons (Fsp3) is 0.222. The predicted molar refractivity (Wildman–Crippen MR) is 87.7 cm³/mol. The van der Waals surface area contributed by atoms with E-state index in [1.807, 2.05) is 0 Å². The van der Waals surface area contributed by atoms with E-state index in [9.17, 15) is 27.5 Å². The average Bonchev–Trinajstić information content (AvgIpc) is 3.01. The van der Waals surface area contributed by atoms with Crippen LogP contribution in [0.5, 0.6) is 5.75 Å². The summed E-state index contributed by atoms with van der Waals surface area (Å²) in [5.41, 5.74) is -3.56. The van der Waals surface area contributed by atoms with Crippen molar-refractivity contribution in [1.82, 2.24) is 5.01 Å². The number of carbonyl (C=O) groups excluding carboxylic acids is 1. The van der Waals surface area contributed by atoms with Gasteiger partial charge in [0.05, 0.1) is 19.2 Å². The largest absolute Gasteiger partial charge is 0.497 e. The molecule has 5 nitrogen and oxygen atoms in total. The van der Waals surface area contributed by atoms with Gasteiger partial charge in [0.2, 0.25) is 0 Å². The van der Waals surface area contributed by atoms with Gasteiger partial charge in [-0.1, -0.05) is 0 Å². The summed E-state index contributed by atoms with van der Waals surface area (Å²) in [6.07, 6.45) is -6.09. The third-order valence-corrected chi connectivity index (χ3v) is 4.15. The Balaban J connectivity index is 2.01. The van der Waals surface area contributed by atoms with Crippen molar-refractivity contribution in [3.63, 3.8) is 0 Å². The van der Waals surface area contributed by atoms with Gasteiger partial charge in [0, 0.05) is 5.56 Å². The summed E-state index contributed by atoms with van der Waals surface area (Å²) in [7, 11) is 1.44. The lowest BCUT2D eigenvalue weighted by atomic mass is 10.0. The molecule has 0 saturated carbocycles. The first-order valence-corrected chi connectivity index (χ1v) is 7.77. The zero-order valence-electron chi connectivity index (χ0n) is 14.0. The number of amides is 1. The van der Waals surface area contributed by atoms with Crippen LogP contribution < -0.4 is 4.74 Å². The van der Waals surface area contributed by atoms with Crippen molar-refractivity contribution >= 4 is 11.6 Å². The van der Waals surface area contributed by atoms with Crippen molar-refractivity contribution in [3.05, 3.63) is 65.5 Å². The number of hydrazone groups is 1. The lowest BCUT2D eigenvalue weighted by Crippen LogP contribution is -2.56. The summed E-state index contributed by atoms with van der Waals surface area (Å²) in [5, 5.41) is 14.0. The molecule has 0 unspecified atom stereocenters. The normalized spacial score (nSPS) is 19.8. The molecule has 27 heavy (non-hydrogen) atoms. The molecule has 0 aliphatic carbocycles. The summed E-state index contributed by atoms with van der Waals surface area (Å²) in [6.45, 7) is 0. The predicted octanol–water partition coefficient (Wildman–Crippen LogP) is 3.34. The molecule has 1 amide bonds. The molecular weight excluding hydrogens is 368 g/mol. The van der Waals surface area contributed by atoms with Crippen molar-refractivity contribution in [3.8, 4) is 5.75 Å². The maximum absolute atomic E-state index is 13.5. The number of aliphatic hydroxyl groups is 1. The number of carbonyl (C=O) groups is 1. The highest BCUT2D eigenvalue weighted by atomic mass is 19.4. The first kappa shape index (κ1) is 18.8. The lowest BCUT2D eigenvalue weighted by Gasteiger charge is -2.32. The minimum absolute atomic E-state index is 0.000195. The number of nitrogens with zero attached hydrogens (tertiary/aromatic N) is 2. The molecule has 0 fully saturated rings. The second-order valence-corrected chi connectivity index (χ2v) is 5.89. The second-order valence-electron chi connectivity index (χ2n) is 5.89. The van der Waals surface area contributed by atoms with E-state index in [0.717, 1.165) is 24.3 Å². The fourth-order valence-electron chi connectivity index (χ4n) is 2.64. The Morgan fingerprint density at radius 2 is 1.74 bits per heavy atom. The molecule has 142 valence electrons. The molecule has 2 aromatic carbocycles. The molecule has 0 saturated heterocycles. The van der Waals surface area contributed by atoms with Gasteiger partial charge in [-0.2, -0.15) is 23.3 Å². The third kappa shape index (κ3) is 3.37. The van der Waals surface area contributed by atoms with Crippen molar-refractivity contribution in [2.24, 2.45) is 5.10 Å². The van der Waals surface area contributed by atoms with E-state index in [1.54, 1.807) is 0 Å². The molecule has 0 bridgehead atoms. The van der Waals surface area contributed by atoms with Crippen LogP contribution in [0.3, 0.4) is 0 Å². The Bertz CT molecular complexity index is 879. The van der Waals surface area contributed by atoms with Gasteiger partial charge >= 0.3 is 6.18 Å². The standard InChI is InChI=1S/C18H14F4N2O3/c1-27-14-8-4-11(5-9-14)15-10-17(26,18(20,21)22)24(23-15)16(25)12-2-6-13(19)7-3-12/h2-9,26H,10H2,1H3/t17-/m1/s1. The fourth-order valence-corrected chi connectivity index (χ4v) is 2.64. The van der Waals surface area contributed by atoms with Gasteiger partial charge in [0.15, 0.2) is 0 Å². The minimum atomic E-state index is -5.15. The van der Waals surface area contributed by atoms with Gasteiger partial charge < -0.3 is 9.84 Å². The Labute approximate surface area is 151 Å². The number of halogens is 4. The van der Waals surface area contributed by atoms with Crippen molar-refractivity contribution in [1.29, 1.82) is 0 Å². The van der Waals surface area contributed by atoms with Gasteiger partial charge in [0.1, 0.15) is 11.6 Å². The number of rotatable bonds is 3. The molecular formula is C18H14F4N2O3. The molecule has 1 aliphatic heterocycles. The SMILES string of the molecule is COc1ccc(C2=NN(C(=O)c3ccc(F)cc3)[C@](O)(C(F)(F)F)C2)cc1. The Morgan fingerprint density at radius 1 is 1.15 bits per heavy atom. The summed E-state index contributed by atoms with van der Waals surface area (Å²) in [5.74, 6) is -1.36. The summed E-state index contributed by atoms with van der Waals surface area (Å²) in [6, 6.07) is 9.91. The Kier molecular flexibility index (Phi) is 4.64. The minimum Gasteiger partial charge on any atom is -0.497 e. The maximum Gasteiger partial charge on any atom is 0.438 e. The van der Waals surface area contributed by atoms with Crippen LogP contribution in [0.25, 0.3) is 0 Å². The number of hydrogen-bond donors (Lipinski definition) is 1. The Hall–Kier alpha value is -2.94. The van der Waals surface area contributed by atoms with Crippen LogP contribution in [0.15, 0.2) is 53.6 Å². The zero-order chi connectivity index (χ0) is 19.8. The smallest absolute Gasteiger partial charge is 0.438 e. The van der Waals surface area contributed by atoms with Gasteiger partial charge in [-0.15, -0.1) is 0 Å². The molecule has 9 heteroatoms. The molecule has 0 spiro atoms. The molecule has 2 aromatic rings. The van der Waals surface area contributed by atoms with E-state index in [-0.39, 0.29) is 16.3 Å². The van der Waals surface area contributed by atoms with E-state index >= 15 is 0 Å². The van der Waals surface area contributed by atoms with Crippen LogP contribution >= 0.6 is 0 Å². The van der Waals surface area contributed by atoms with Gasteiger partial charge in [-0.25, -0.2) is 4.39 Å². The molecule has 1 atom stereocenters. The quantitative estimate of drug-likeness (QED) is 0.829. The van der Waals surface area contributed by atoms with Crippen LogP contribution in [0, 0.1) is 5.82 Å². The van der Waals surface area contributed by atoms with E-state index in [4.69, 9.17) is 4.74 Å². The number of hydrogen-bond acceptors (Lipinski definition) is 4. The van der Waals surface area contributed by atoms with Crippen LogP contribution in [-0.4, -0.2) is 40.7 Å². The van der Waals surface area contributed by atoms with Crippen LogP contribution in [0.4, 0.5) is 17.6 Å². The van der Waals surface area contributed by atoms with Gasteiger partial charge in [-0.05, 0) is 54.1 Å². The number of methoxy groups -OCH3 is 1. The lowest BCUT2D eigenvalue weighted by molar-refractivity contribution is -0.297. The van der Waals surface area contributed by atoms with E-state index < -0.39 is 30.0 Å². The molecule has 1 heterocycles. The molecule has 1 aliphatic rings. The highest BCUT2D eigenvalue weighted by Gasteiger charge is 2.63. The summed E-state index contributed by atoms with van der Waals surface area (Å²) >= 11 is 0. The summed E-state index contributed by atoms with van der Waals surface area (Å²) in [4.78, 5) is 12.5. The van der Waals surface area contributed by atoms with E-state index in [1.165, 1.54) is 31.4 Å². The number of alkyl halides is 3. The molecule has 1 N–H and O–H groups in total. The Morgan fingerprint density at radius 3 is 2.26 bits per heavy atom. The topological polar surface area (TPSA) is 62.1 Å². The first-order valence-electron chi connectivity index (χ1n) is 7.77. The highest BCUT2D eigenvalue weighted by Crippen LogP contribution is 2.42. The molecule has 3 rings (SSSR count). The maximum atomic E-state index is 13.5. The van der Waals surface area contributed by atoms with Gasteiger partial charge in [0.25, 0.3) is 11.6 Å². The van der Waals surface area contributed by atoms with Crippen LogP contribution in [0.1, 0.15) is 22.3 Å². The average molecular weight is 382 g/mol. The molecule has 0 radical (unpaired) electrons. The number of benzene rings is 2. The van der Waals surface area contributed by atoms with E-state index in [0.29, 0.717) is 11.3 Å². The van der Waals surface area contributed by atoms with Crippen molar-refractivity contribution in [2.75, 3.05) is 7.11 Å². The van der Waals surface area contributed by atoms with Crippen LogP contribution in [-0.2, 0) is 0 Å². The van der Waals surface area contributed by atoms with Crippen LogP contribution in [0.2, 0.25) is 0 Å². The second kappa shape index (κ2) is 6.66. The van der Waals surface area contributed by atoms with E-state index in [2.05, 4.69) is 5.10 Å². The monoisotopic (exact) mass is 382 g/mol.